The van der Waals surface area contributed by atoms with Gasteiger partial charge in [-0.15, -0.1) is 0 Å². The Kier molecular flexibility index (Phi) is 1.36. The van der Waals surface area contributed by atoms with Gasteiger partial charge < -0.3 is 4.40 Å². The highest BCUT2D eigenvalue weighted by molar-refractivity contribution is 6.34. The van der Waals surface area contributed by atoms with Crippen molar-refractivity contribution in [2.45, 2.75) is 0 Å². The van der Waals surface area contributed by atoms with Gasteiger partial charge in [0.15, 0.2) is 10.8 Å². The first kappa shape index (κ1) is 6.67. The summed E-state index contributed by atoms with van der Waals surface area (Å²) in [7, 11) is 5.56. The summed E-state index contributed by atoms with van der Waals surface area (Å²) in [5, 5.41) is 0.365. The van der Waals surface area contributed by atoms with E-state index in [4.69, 9.17) is 19.4 Å². The summed E-state index contributed by atoms with van der Waals surface area (Å²) in [6.45, 7) is 0. The number of imidazole rings is 1. The molecule has 0 saturated carbocycles. The number of fused-ring (bicyclic) bond motifs is 1. The normalized spacial score (nSPS) is 10.6. The molecule has 5 heteroatoms. The minimum atomic E-state index is 0.365. The molecule has 0 aliphatic heterocycles. The summed E-state index contributed by atoms with van der Waals surface area (Å²) in [5.41, 5.74) is 1.15. The van der Waals surface area contributed by atoms with Gasteiger partial charge in [0, 0.05) is 18.6 Å². The van der Waals surface area contributed by atoms with E-state index in [0.29, 0.717) is 16.4 Å². The van der Waals surface area contributed by atoms with Crippen molar-refractivity contribution in [2.75, 3.05) is 0 Å². The number of aromatic nitrogens is 3. The standard InChI is InChI=1S/C6H3BClN3/c7-4-3-10-6-5(8)9-1-2-11(4)6/h1-3H. The van der Waals surface area contributed by atoms with Gasteiger partial charge in [0.05, 0.1) is 0 Å². The van der Waals surface area contributed by atoms with E-state index >= 15 is 0 Å². The number of nitrogens with zero attached hydrogens (tertiary/aromatic N) is 3. The molecule has 0 saturated heterocycles. The Morgan fingerprint density at radius 3 is 3.00 bits per heavy atom. The molecule has 2 aromatic rings. The maximum atomic E-state index is 5.72. The molecule has 52 valence electrons. The molecule has 0 aliphatic carbocycles. The number of rotatable bonds is 0. The lowest BCUT2D eigenvalue weighted by atomic mass is 10.1. The average Bonchev–Trinajstić information content (AvgIpc) is 2.35. The van der Waals surface area contributed by atoms with Crippen LogP contribution in [0.1, 0.15) is 0 Å². The fourth-order valence-electron chi connectivity index (χ4n) is 0.906. The van der Waals surface area contributed by atoms with Crippen LogP contribution in [0.3, 0.4) is 0 Å². The summed E-state index contributed by atoms with van der Waals surface area (Å²) < 4.78 is 1.68. The lowest BCUT2D eigenvalue weighted by molar-refractivity contribution is 1.15. The Labute approximate surface area is 69.4 Å². The van der Waals surface area contributed by atoms with Crippen molar-refractivity contribution in [2.24, 2.45) is 0 Å². The maximum Gasteiger partial charge on any atom is 0.174 e. The Morgan fingerprint density at radius 2 is 2.27 bits per heavy atom. The molecular formula is C6H3BClN3. The van der Waals surface area contributed by atoms with E-state index in [1.165, 1.54) is 0 Å². The SMILES string of the molecule is [B]c1cnc2c(Cl)nccn12. The van der Waals surface area contributed by atoms with E-state index in [1.807, 2.05) is 0 Å². The predicted octanol–water partition coefficient (Wildman–Crippen LogP) is 0.176. The largest absolute Gasteiger partial charge is 0.311 e. The van der Waals surface area contributed by atoms with E-state index < -0.39 is 0 Å². The number of halogens is 1. The van der Waals surface area contributed by atoms with Crippen LogP contribution < -0.4 is 5.59 Å². The number of hydrogen-bond acceptors (Lipinski definition) is 2. The van der Waals surface area contributed by atoms with Crippen molar-refractivity contribution in [3.8, 4) is 0 Å². The zero-order valence-corrected chi connectivity index (χ0v) is 6.28. The summed E-state index contributed by atoms with van der Waals surface area (Å²) in [5.74, 6) is 0. The third-order valence-corrected chi connectivity index (χ3v) is 1.68. The van der Waals surface area contributed by atoms with Crippen LogP contribution in [0.25, 0.3) is 5.65 Å². The smallest absolute Gasteiger partial charge is 0.174 e. The quantitative estimate of drug-likeness (QED) is 0.519. The molecular weight excluding hydrogens is 160 g/mol. The Balaban J connectivity index is 2.94. The average molecular weight is 163 g/mol. The molecule has 2 heterocycles. The maximum absolute atomic E-state index is 5.72. The molecule has 3 nitrogen and oxygen atoms in total. The highest BCUT2D eigenvalue weighted by atomic mass is 35.5. The van der Waals surface area contributed by atoms with E-state index in [9.17, 15) is 0 Å². The van der Waals surface area contributed by atoms with Gasteiger partial charge in [0.2, 0.25) is 0 Å². The zero-order chi connectivity index (χ0) is 7.84. The van der Waals surface area contributed by atoms with Crippen LogP contribution in [0.5, 0.6) is 0 Å². The molecule has 0 bridgehead atoms. The van der Waals surface area contributed by atoms with E-state index in [-0.39, 0.29) is 0 Å². The van der Waals surface area contributed by atoms with Crippen molar-refractivity contribution >= 4 is 30.7 Å². The van der Waals surface area contributed by atoms with Crippen molar-refractivity contribution < 1.29 is 0 Å². The Morgan fingerprint density at radius 1 is 1.45 bits per heavy atom. The lowest BCUT2D eigenvalue weighted by Crippen LogP contribution is -2.08. The molecule has 0 unspecified atom stereocenters. The van der Waals surface area contributed by atoms with Crippen molar-refractivity contribution in [3.63, 3.8) is 0 Å². The van der Waals surface area contributed by atoms with Crippen LogP contribution in [-0.2, 0) is 0 Å². The molecule has 0 atom stereocenters. The predicted molar refractivity (Wildman–Crippen MR) is 43.4 cm³/mol. The minimum absolute atomic E-state index is 0.365. The third-order valence-electron chi connectivity index (χ3n) is 1.41. The summed E-state index contributed by atoms with van der Waals surface area (Å²) in [4.78, 5) is 7.81. The minimum Gasteiger partial charge on any atom is -0.311 e. The molecule has 2 rings (SSSR count). The van der Waals surface area contributed by atoms with Gasteiger partial charge >= 0.3 is 0 Å². The second-order valence-corrected chi connectivity index (χ2v) is 2.45. The van der Waals surface area contributed by atoms with Crippen molar-refractivity contribution in [1.82, 2.24) is 14.4 Å². The molecule has 2 radical (unpaired) electrons. The van der Waals surface area contributed by atoms with E-state index in [2.05, 4.69) is 9.97 Å². The summed E-state index contributed by atoms with van der Waals surface area (Å²) in [6.07, 6.45) is 4.83. The van der Waals surface area contributed by atoms with Crippen LogP contribution >= 0.6 is 11.6 Å². The molecule has 11 heavy (non-hydrogen) atoms. The van der Waals surface area contributed by atoms with Gasteiger partial charge in [0.25, 0.3) is 0 Å². The van der Waals surface area contributed by atoms with E-state index in [1.54, 1.807) is 23.0 Å². The number of hydrogen-bond donors (Lipinski definition) is 0. The molecule has 0 amide bonds. The Hall–Kier alpha value is -1.03. The van der Waals surface area contributed by atoms with Gasteiger partial charge in [-0.3, -0.25) is 0 Å². The lowest BCUT2D eigenvalue weighted by Gasteiger charge is -1.95. The highest BCUT2D eigenvalue weighted by Gasteiger charge is 2.01. The fourth-order valence-corrected chi connectivity index (χ4v) is 1.10. The first-order chi connectivity index (χ1) is 5.29. The molecule has 0 N–H and O–H groups in total. The van der Waals surface area contributed by atoms with E-state index in [0.717, 1.165) is 0 Å². The van der Waals surface area contributed by atoms with Gasteiger partial charge in [0.1, 0.15) is 7.85 Å². The summed E-state index contributed by atoms with van der Waals surface area (Å²) in [6, 6.07) is 0. The van der Waals surface area contributed by atoms with Gasteiger partial charge in [-0.2, -0.15) is 0 Å². The monoisotopic (exact) mass is 163 g/mol. The van der Waals surface area contributed by atoms with Gasteiger partial charge in [-0.25, -0.2) is 9.97 Å². The molecule has 0 spiro atoms. The van der Waals surface area contributed by atoms with Gasteiger partial charge in [-0.1, -0.05) is 11.6 Å². The zero-order valence-electron chi connectivity index (χ0n) is 5.53. The highest BCUT2D eigenvalue weighted by Crippen LogP contribution is 2.08. The molecule has 0 aromatic carbocycles. The topological polar surface area (TPSA) is 30.2 Å². The van der Waals surface area contributed by atoms with Crippen molar-refractivity contribution in [3.05, 3.63) is 23.7 Å². The third kappa shape index (κ3) is 0.904. The van der Waals surface area contributed by atoms with Crippen LogP contribution in [0.4, 0.5) is 0 Å². The van der Waals surface area contributed by atoms with Gasteiger partial charge in [-0.05, 0) is 5.59 Å². The molecule has 0 fully saturated rings. The summed E-state index contributed by atoms with van der Waals surface area (Å²) >= 11 is 5.72. The molecule has 0 aliphatic rings. The van der Waals surface area contributed by atoms with Crippen molar-refractivity contribution in [1.29, 1.82) is 0 Å². The first-order valence-electron chi connectivity index (χ1n) is 3.02. The van der Waals surface area contributed by atoms with Crippen LogP contribution in [0.15, 0.2) is 18.6 Å². The fraction of sp³-hybridized carbons (Fsp3) is 0. The second-order valence-electron chi connectivity index (χ2n) is 2.09. The van der Waals surface area contributed by atoms with Crippen LogP contribution in [-0.4, -0.2) is 22.2 Å². The molecule has 2 aromatic heterocycles. The van der Waals surface area contributed by atoms with Crippen LogP contribution in [0.2, 0.25) is 5.15 Å². The Bertz CT molecular complexity index is 398. The van der Waals surface area contributed by atoms with Crippen LogP contribution in [0, 0.1) is 0 Å². The second kappa shape index (κ2) is 2.24. The first-order valence-corrected chi connectivity index (χ1v) is 3.40.